The Hall–Kier alpha value is -2.09. The monoisotopic (exact) mass is 304 g/mol. The van der Waals surface area contributed by atoms with Gasteiger partial charge in [-0.05, 0) is 37.0 Å². The molecule has 4 rings (SSSR count). The van der Waals surface area contributed by atoms with Gasteiger partial charge in [0.15, 0.2) is 0 Å². The highest BCUT2D eigenvalue weighted by molar-refractivity contribution is 5.76. The van der Waals surface area contributed by atoms with Gasteiger partial charge in [-0.15, -0.1) is 0 Å². The molecule has 1 saturated carbocycles. The number of benzene rings is 2. The Morgan fingerprint density at radius 3 is 2.43 bits per heavy atom. The number of para-hydroxylation sites is 2. The SMILES string of the molecule is c1ccc(CCn2c(C3CCCCC3)nc3ccccc32)cc1. The summed E-state index contributed by atoms with van der Waals surface area (Å²) in [5.74, 6) is 1.97. The molecule has 0 aliphatic heterocycles. The van der Waals surface area contributed by atoms with Crippen LogP contribution in [0.3, 0.4) is 0 Å². The minimum atomic E-state index is 0.645. The molecule has 23 heavy (non-hydrogen) atoms. The maximum Gasteiger partial charge on any atom is 0.112 e. The lowest BCUT2D eigenvalue weighted by atomic mass is 9.88. The largest absolute Gasteiger partial charge is 0.327 e. The van der Waals surface area contributed by atoms with Gasteiger partial charge in [-0.2, -0.15) is 0 Å². The Kier molecular flexibility index (Phi) is 4.14. The fourth-order valence-corrected chi connectivity index (χ4v) is 3.89. The zero-order chi connectivity index (χ0) is 15.5. The summed E-state index contributed by atoms with van der Waals surface area (Å²) < 4.78 is 2.48. The van der Waals surface area contributed by atoms with E-state index in [1.54, 1.807) is 0 Å². The van der Waals surface area contributed by atoms with Crippen LogP contribution >= 0.6 is 0 Å². The van der Waals surface area contributed by atoms with Gasteiger partial charge in [-0.25, -0.2) is 4.98 Å². The van der Waals surface area contributed by atoms with Crippen molar-refractivity contribution in [3.05, 3.63) is 66.0 Å². The minimum Gasteiger partial charge on any atom is -0.327 e. The molecule has 0 unspecified atom stereocenters. The molecule has 2 nitrogen and oxygen atoms in total. The van der Waals surface area contributed by atoms with Crippen LogP contribution in [0.5, 0.6) is 0 Å². The Balaban J connectivity index is 1.67. The van der Waals surface area contributed by atoms with E-state index in [4.69, 9.17) is 4.98 Å². The molecular weight excluding hydrogens is 280 g/mol. The second-order valence-electron chi connectivity index (χ2n) is 6.68. The molecular formula is C21H24N2. The maximum atomic E-state index is 5.01. The first-order valence-corrected chi connectivity index (χ1v) is 8.91. The number of hydrogen-bond acceptors (Lipinski definition) is 1. The number of aromatic nitrogens is 2. The number of hydrogen-bond donors (Lipinski definition) is 0. The third-order valence-electron chi connectivity index (χ3n) is 5.12. The van der Waals surface area contributed by atoms with Gasteiger partial charge in [0.2, 0.25) is 0 Å². The molecule has 1 fully saturated rings. The topological polar surface area (TPSA) is 17.8 Å². The van der Waals surface area contributed by atoms with Crippen molar-refractivity contribution in [1.29, 1.82) is 0 Å². The van der Waals surface area contributed by atoms with E-state index >= 15 is 0 Å². The Labute approximate surface area is 138 Å². The molecule has 1 aliphatic rings. The highest BCUT2D eigenvalue weighted by Gasteiger charge is 2.22. The smallest absolute Gasteiger partial charge is 0.112 e. The Morgan fingerprint density at radius 2 is 1.61 bits per heavy atom. The van der Waals surface area contributed by atoms with Crippen LogP contribution in [0, 0.1) is 0 Å². The Bertz CT molecular complexity index is 767. The van der Waals surface area contributed by atoms with Crippen molar-refractivity contribution in [3.63, 3.8) is 0 Å². The first-order chi connectivity index (χ1) is 11.4. The zero-order valence-electron chi connectivity index (χ0n) is 13.6. The van der Waals surface area contributed by atoms with Gasteiger partial charge in [0.25, 0.3) is 0 Å². The molecule has 0 radical (unpaired) electrons. The number of nitrogens with zero attached hydrogens (tertiary/aromatic N) is 2. The minimum absolute atomic E-state index is 0.645. The third kappa shape index (κ3) is 3.03. The number of fused-ring (bicyclic) bond motifs is 1. The first kappa shape index (κ1) is 14.5. The molecule has 1 aromatic heterocycles. The Morgan fingerprint density at radius 1 is 0.870 bits per heavy atom. The van der Waals surface area contributed by atoms with Crippen LogP contribution in [0.4, 0.5) is 0 Å². The highest BCUT2D eigenvalue weighted by atomic mass is 15.1. The van der Waals surface area contributed by atoms with Crippen LogP contribution in [0.2, 0.25) is 0 Å². The van der Waals surface area contributed by atoms with Crippen molar-refractivity contribution >= 4 is 11.0 Å². The van der Waals surface area contributed by atoms with E-state index in [0.717, 1.165) is 18.5 Å². The lowest BCUT2D eigenvalue weighted by Crippen LogP contribution is -2.13. The predicted molar refractivity (Wildman–Crippen MR) is 95.7 cm³/mol. The lowest BCUT2D eigenvalue weighted by Gasteiger charge is -2.22. The first-order valence-electron chi connectivity index (χ1n) is 8.91. The molecule has 0 atom stereocenters. The van der Waals surface area contributed by atoms with Gasteiger partial charge in [-0.3, -0.25) is 0 Å². The fourth-order valence-electron chi connectivity index (χ4n) is 3.89. The summed E-state index contributed by atoms with van der Waals surface area (Å²) >= 11 is 0. The second-order valence-corrected chi connectivity index (χ2v) is 6.68. The average Bonchev–Trinajstić information content (AvgIpc) is 3.00. The van der Waals surface area contributed by atoms with Gasteiger partial charge in [0, 0.05) is 12.5 Å². The van der Waals surface area contributed by atoms with Crippen molar-refractivity contribution in [2.45, 2.75) is 51.0 Å². The van der Waals surface area contributed by atoms with E-state index < -0.39 is 0 Å². The molecule has 2 heteroatoms. The number of imidazole rings is 1. The molecule has 0 bridgehead atoms. The summed E-state index contributed by atoms with van der Waals surface area (Å²) in [6.07, 6.45) is 7.77. The summed E-state index contributed by atoms with van der Waals surface area (Å²) in [7, 11) is 0. The zero-order valence-corrected chi connectivity index (χ0v) is 13.6. The van der Waals surface area contributed by atoms with E-state index in [-0.39, 0.29) is 0 Å². The molecule has 3 aromatic rings. The van der Waals surface area contributed by atoms with Crippen LogP contribution in [0.25, 0.3) is 11.0 Å². The molecule has 118 valence electrons. The molecule has 0 saturated heterocycles. The normalized spacial score (nSPS) is 16.0. The summed E-state index contributed by atoms with van der Waals surface area (Å²) in [4.78, 5) is 5.01. The van der Waals surface area contributed by atoms with Crippen molar-refractivity contribution < 1.29 is 0 Å². The van der Waals surface area contributed by atoms with Gasteiger partial charge in [0.1, 0.15) is 5.82 Å². The van der Waals surface area contributed by atoms with Gasteiger partial charge in [-0.1, -0.05) is 61.7 Å². The van der Waals surface area contributed by atoms with Crippen LogP contribution in [0.15, 0.2) is 54.6 Å². The molecule has 0 amide bonds. The van der Waals surface area contributed by atoms with Gasteiger partial charge < -0.3 is 4.57 Å². The van der Waals surface area contributed by atoms with Crippen LogP contribution in [0.1, 0.15) is 49.4 Å². The third-order valence-corrected chi connectivity index (χ3v) is 5.12. The number of rotatable bonds is 4. The summed E-state index contributed by atoms with van der Waals surface area (Å²) in [6.45, 7) is 1.02. The van der Waals surface area contributed by atoms with E-state index in [9.17, 15) is 0 Å². The maximum absolute atomic E-state index is 5.01. The van der Waals surface area contributed by atoms with Gasteiger partial charge in [0.05, 0.1) is 11.0 Å². The predicted octanol–water partition coefficient (Wildman–Crippen LogP) is 5.33. The van der Waals surface area contributed by atoms with Crippen LogP contribution in [-0.2, 0) is 13.0 Å². The van der Waals surface area contributed by atoms with E-state index in [1.807, 2.05) is 0 Å². The average molecular weight is 304 g/mol. The van der Waals surface area contributed by atoms with Crippen LogP contribution < -0.4 is 0 Å². The second kappa shape index (κ2) is 6.57. The highest BCUT2D eigenvalue weighted by Crippen LogP contribution is 2.34. The molecule has 0 spiro atoms. The van der Waals surface area contributed by atoms with Crippen molar-refractivity contribution in [2.24, 2.45) is 0 Å². The van der Waals surface area contributed by atoms with Crippen LogP contribution in [-0.4, -0.2) is 9.55 Å². The standard InChI is InChI=1S/C21H24N2/c1-3-9-17(10-4-1)15-16-23-20-14-8-7-13-19(20)22-21(23)18-11-5-2-6-12-18/h1,3-4,7-10,13-14,18H,2,5-6,11-12,15-16H2. The lowest BCUT2D eigenvalue weighted by molar-refractivity contribution is 0.417. The number of aryl methyl sites for hydroxylation is 2. The quantitative estimate of drug-likeness (QED) is 0.637. The van der Waals surface area contributed by atoms with E-state index in [0.29, 0.717) is 5.92 Å². The van der Waals surface area contributed by atoms with Gasteiger partial charge >= 0.3 is 0 Å². The molecule has 0 N–H and O–H groups in total. The molecule has 1 aliphatic carbocycles. The fraction of sp³-hybridized carbons (Fsp3) is 0.381. The van der Waals surface area contributed by atoms with E-state index in [2.05, 4.69) is 59.2 Å². The summed E-state index contributed by atoms with van der Waals surface area (Å²) in [5, 5.41) is 0. The summed E-state index contributed by atoms with van der Waals surface area (Å²) in [6, 6.07) is 19.4. The van der Waals surface area contributed by atoms with E-state index in [1.165, 1.54) is 49.0 Å². The molecule has 2 aromatic carbocycles. The van der Waals surface area contributed by atoms with Crippen molar-refractivity contribution in [2.75, 3.05) is 0 Å². The molecule has 1 heterocycles. The summed E-state index contributed by atoms with van der Waals surface area (Å²) in [5.41, 5.74) is 3.85. The van der Waals surface area contributed by atoms with Crippen molar-refractivity contribution in [3.8, 4) is 0 Å². The van der Waals surface area contributed by atoms with Crippen molar-refractivity contribution in [1.82, 2.24) is 9.55 Å².